The first-order valence-electron chi connectivity index (χ1n) is 10.9. The molecule has 7 nitrogen and oxygen atoms in total. The van der Waals surface area contributed by atoms with Crippen molar-refractivity contribution in [2.24, 2.45) is 0 Å². The van der Waals surface area contributed by atoms with Crippen molar-refractivity contribution in [1.82, 2.24) is 24.5 Å². The highest BCUT2D eigenvalue weighted by molar-refractivity contribution is 6.30. The molecule has 2 aromatic carbocycles. The number of methoxy groups -OCH3 is 1. The number of carbonyl (C=O) groups is 1. The normalized spacial score (nSPS) is 15.3. The van der Waals surface area contributed by atoms with Gasteiger partial charge >= 0.3 is 0 Å². The van der Waals surface area contributed by atoms with E-state index in [1.54, 1.807) is 19.5 Å². The number of hydrogen-bond acceptors (Lipinski definition) is 5. The van der Waals surface area contributed by atoms with Gasteiger partial charge in [0.1, 0.15) is 5.75 Å². The average molecular weight is 462 g/mol. The summed E-state index contributed by atoms with van der Waals surface area (Å²) in [6.07, 6.45) is 6.72. The first-order valence-corrected chi connectivity index (χ1v) is 11.3. The van der Waals surface area contributed by atoms with Crippen LogP contribution in [0.1, 0.15) is 51.9 Å². The third-order valence-electron chi connectivity index (χ3n) is 6.13. The van der Waals surface area contributed by atoms with Crippen LogP contribution in [0.2, 0.25) is 5.02 Å². The van der Waals surface area contributed by atoms with Crippen LogP contribution in [0, 0.1) is 6.92 Å². The minimum atomic E-state index is -0.0152. The summed E-state index contributed by atoms with van der Waals surface area (Å²) in [5, 5.41) is 9.52. The zero-order valence-corrected chi connectivity index (χ0v) is 19.3. The number of halogens is 1. The number of Topliss-reactive ketones (excluding diaryl/α,β-unsaturated/α-hetero) is 1. The molecule has 2 aromatic heterocycles. The van der Waals surface area contributed by atoms with Gasteiger partial charge in [0.2, 0.25) is 0 Å². The predicted octanol–water partition coefficient (Wildman–Crippen LogP) is 4.79. The number of nitrogens with zero attached hydrogens (tertiary/aromatic N) is 5. The fraction of sp³-hybridized carbons (Fsp3) is 0.280. The number of fused-ring (bicyclic) bond motifs is 1. The molecule has 0 saturated heterocycles. The predicted molar refractivity (Wildman–Crippen MR) is 125 cm³/mol. The molecule has 0 fully saturated rings. The van der Waals surface area contributed by atoms with Crippen molar-refractivity contribution >= 4 is 17.4 Å². The van der Waals surface area contributed by atoms with Gasteiger partial charge < -0.3 is 9.30 Å². The van der Waals surface area contributed by atoms with E-state index in [-0.39, 0.29) is 18.2 Å². The average Bonchev–Trinajstić information content (AvgIpc) is 3.45. The molecule has 1 aliphatic heterocycles. The van der Waals surface area contributed by atoms with Crippen LogP contribution in [-0.4, -0.2) is 37.4 Å². The van der Waals surface area contributed by atoms with Gasteiger partial charge in [0, 0.05) is 16.8 Å². The highest BCUT2D eigenvalue weighted by atomic mass is 35.5. The summed E-state index contributed by atoms with van der Waals surface area (Å²) in [7, 11) is 1.60. The Hall–Kier alpha value is -3.45. The van der Waals surface area contributed by atoms with E-state index in [1.165, 1.54) is 0 Å². The molecule has 0 radical (unpaired) electrons. The summed E-state index contributed by atoms with van der Waals surface area (Å²) in [6, 6.07) is 13.4. The molecule has 33 heavy (non-hydrogen) atoms. The molecule has 1 unspecified atom stereocenters. The number of hydrogen-bond donors (Lipinski definition) is 0. The molecule has 0 amide bonds. The molecule has 1 atom stereocenters. The highest BCUT2D eigenvalue weighted by Crippen LogP contribution is 2.32. The number of rotatable bonds is 6. The van der Waals surface area contributed by atoms with Crippen LogP contribution < -0.4 is 4.74 Å². The van der Waals surface area contributed by atoms with Gasteiger partial charge in [0.25, 0.3) is 0 Å². The second-order valence-corrected chi connectivity index (χ2v) is 8.73. The molecule has 168 valence electrons. The Kier molecular flexibility index (Phi) is 5.72. The van der Waals surface area contributed by atoms with Gasteiger partial charge in [0.15, 0.2) is 5.78 Å². The summed E-state index contributed by atoms with van der Waals surface area (Å²) in [6.45, 7) is 1.93. The number of benzene rings is 2. The summed E-state index contributed by atoms with van der Waals surface area (Å²) in [5.41, 5.74) is 5.25. The molecule has 3 heterocycles. The van der Waals surface area contributed by atoms with Crippen LogP contribution in [0.3, 0.4) is 0 Å². The van der Waals surface area contributed by atoms with E-state index < -0.39 is 0 Å². The van der Waals surface area contributed by atoms with E-state index in [0.717, 1.165) is 47.6 Å². The van der Waals surface area contributed by atoms with Crippen LogP contribution in [0.25, 0.3) is 5.69 Å². The maximum Gasteiger partial charge on any atom is 0.169 e. The Morgan fingerprint density at radius 1 is 1.21 bits per heavy atom. The van der Waals surface area contributed by atoms with Crippen LogP contribution in [0.5, 0.6) is 5.75 Å². The first kappa shape index (κ1) is 21.4. The quantitative estimate of drug-likeness (QED) is 0.386. The van der Waals surface area contributed by atoms with E-state index >= 15 is 0 Å². The van der Waals surface area contributed by atoms with Gasteiger partial charge in [-0.05, 0) is 62.1 Å². The Labute approximate surface area is 197 Å². The molecular weight excluding hydrogens is 438 g/mol. The Morgan fingerprint density at radius 3 is 2.76 bits per heavy atom. The summed E-state index contributed by atoms with van der Waals surface area (Å²) in [5.74, 6) is 0.602. The number of ether oxygens (including phenoxy) is 1. The van der Waals surface area contributed by atoms with Crippen LogP contribution in [0.4, 0.5) is 0 Å². The molecule has 0 saturated carbocycles. The number of aromatic nitrogens is 5. The lowest BCUT2D eigenvalue weighted by molar-refractivity contribution is 0.0991. The van der Waals surface area contributed by atoms with Gasteiger partial charge in [-0.2, -0.15) is 0 Å². The third-order valence-corrected chi connectivity index (χ3v) is 6.38. The first-order chi connectivity index (χ1) is 16.0. The number of aryl methyl sites for hydroxylation is 1. The maximum absolute atomic E-state index is 13.1. The third kappa shape index (κ3) is 4.16. The van der Waals surface area contributed by atoms with E-state index in [1.807, 2.05) is 58.8 Å². The second-order valence-electron chi connectivity index (χ2n) is 8.30. The number of ketones is 1. The lowest BCUT2D eigenvalue weighted by atomic mass is 9.95. The Bertz CT molecular complexity index is 1310. The van der Waals surface area contributed by atoms with Gasteiger partial charge in [-0.25, -0.2) is 9.67 Å². The monoisotopic (exact) mass is 461 g/mol. The smallest absolute Gasteiger partial charge is 0.169 e. The van der Waals surface area contributed by atoms with Crippen molar-refractivity contribution in [3.63, 3.8) is 0 Å². The number of carbonyl (C=O) groups excluding carboxylic acids is 1. The lowest BCUT2D eigenvalue weighted by Gasteiger charge is -2.24. The molecule has 5 rings (SSSR count). The zero-order valence-electron chi connectivity index (χ0n) is 18.5. The van der Waals surface area contributed by atoms with Gasteiger partial charge in [-0.1, -0.05) is 28.9 Å². The van der Waals surface area contributed by atoms with Crippen LogP contribution >= 0.6 is 11.6 Å². The van der Waals surface area contributed by atoms with E-state index in [9.17, 15) is 4.79 Å². The molecule has 0 spiro atoms. The Morgan fingerprint density at radius 2 is 2.03 bits per heavy atom. The molecule has 0 bridgehead atoms. The molecule has 8 heteroatoms. The van der Waals surface area contributed by atoms with Crippen LogP contribution in [-0.2, 0) is 12.8 Å². The summed E-state index contributed by atoms with van der Waals surface area (Å²) >= 11 is 6.05. The molecule has 0 aliphatic carbocycles. The molecular formula is C25H24ClN5O2. The fourth-order valence-corrected chi connectivity index (χ4v) is 4.57. The van der Waals surface area contributed by atoms with Crippen molar-refractivity contribution < 1.29 is 9.53 Å². The van der Waals surface area contributed by atoms with Crippen LogP contribution in [0.15, 0.2) is 55.0 Å². The maximum atomic E-state index is 13.1. The number of imidazole rings is 1. The van der Waals surface area contributed by atoms with Gasteiger partial charge in [-0.15, -0.1) is 5.10 Å². The van der Waals surface area contributed by atoms with Crippen molar-refractivity contribution in [2.45, 2.75) is 38.6 Å². The highest BCUT2D eigenvalue weighted by Gasteiger charge is 2.27. The topological polar surface area (TPSA) is 74.8 Å². The Balaban J connectivity index is 1.39. The van der Waals surface area contributed by atoms with E-state index in [4.69, 9.17) is 16.3 Å². The largest absolute Gasteiger partial charge is 0.495 e. The van der Waals surface area contributed by atoms with Gasteiger partial charge in [-0.3, -0.25) is 4.79 Å². The van der Waals surface area contributed by atoms with Gasteiger partial charge in [0.05, 0.1) is 48.7 Å². The molecule has 1 aliphatic rings. The molecule has 0 N–H and O–H groups in total. The minimum Gasteiger partial charge on any atom is -0.495 e. The van der Waals surface area contributed by atoms with Crippen molar-refractivity contribution in [3.05, 3.63) is 88.2 Å². The van der Waals surface area contributed by atoms with Crippen molar-refractivity contribution in [1.29, 1.82) is 0 Å². The fourth-order valence-electron chi connectivity index (χ4n) is 4.44. The SMILES string of the molecule is COc1cc(C(=O)Cc2nnn3c2CCCC3c2ccc(Cl)cc2)ccc1-n1cnc(C)c1. The van der Waals surface area contributed by atoms with E-state index in [0.29, 0.717) is 16.3 Å². The molecule has 4 aromatic rings. The zero-order chi connectivity index (χ0) is 22.9. The standard InChI is InChI=1S/C25H24ClN5O2/c1-16-14-30(15-27-16)23-11-8-18(12-25(23)33-2)24(32)13-20-22-5-3-4-21(31(22)29-28-20)17-6-9-19(26)10-7-17/h6-12,14-15,21H,3-5,13H2,1-2H3. The van der Waals surface area contributed by atoms with Crippen molar-refractivity contribution in [2.75, 3.05) is 7.11 Å². The van der Waals surface area contributed by atoms with Crippen molar-refractivity contribution in [3.8, 4) is 11.4 Å². The minimum absolute atomic E-state index is 0.0152. The second kappa shape index (κ2) is 8.83. The summed E-state index contributed by atoms with van der Waals surface area (Å²) in [4.78, 5) is 17.4. The summed E-state index contributed by atoms with van der Waals surface area (Å²) < 4.78 is 9.41. The lowest BCUT2D eigenvalue weighted by Crippen LogP contribution is -2.20. The van der Waals surface area contributed by atoms with E-state index in [2.05, 4.69) is 15.3 Å².